The molecule has 1 rings (SSSR count). The van der Waals surface area contributed by atoms with Gasteiger partial charge in [-0.15, -0.1) is 12.3 Å². The number of hydrogen-bond donors (Lipinski definition) is 1. The zero-order valence-corrected chi connectivity index (χ0v) is 8.88. The first kappa shape index (κ1) is 11.0. The average molecular weight is 209 g/mol. The molecule has 1 aromatic heterocycles. The van der Waals surface area contributed by atoms with Crippen LogP contribution in [0.2, 0.25) is 5.02 Å². The molecule has 2 nitrogen and oxygen atoms in total. The van der Waals surface area contributed by atoms with Crippen LogP contribution in [0.4, 0.5) is 0 Å². The van der Waals surface area contributed by atoms with Gasteiger partial charge < -0.3 is 5.32 Å². The molecule has 0 spiro atoms. The van der Waals surface area contributed by atoms with E-state index >= 15 is 0 Å². The van der Waals surface area contributed by atoms with Crippen LogP contribution in [-0.2, 0) is 0 Å². The lowest BCUT2D eigenvalue weighted by molar-refractivity contribution is 0.565. The van der Waals surface area contributed by atoms with Gasteiger partial charge in [0.2, 0.25) is 0 Å². The lowest BCUT2D eigenvalue weighted by atomic mass is 10.1. The van der Waals surface area contributed by atoms with Crippen molar-refractivity contribution in [2.75, 3.05) is 6.54 Å². The summed E-state index contributed by atoms with van der Waals surface area (Å²) in [6.07, 6.45) is 9.30. The molecular formula is C11H13ClN2. The van der Waals surface area contributed by atoms with Crippen molar-refractivity contribution in [1.29, 1.82) is 0 Å². The van der Waals surface area contributed by atoms with Crippen LogP contribution in [0, 0.1) is 12.3 Å². The molecule has 0 bridgehead atoms. The lowest BCUT2D eigenvalue weighted by Gasteiger charge is -2.16. The van der Waals surface area contributed by atoms with Crippen molar-refractivity contribution in [3.63, 3.8) is 0 Å². The maximum Gasteiger partial charge on any atom is 0.0637 e. The highest BCUT2D eigenvalue weighted by atomic mass is 35.5. The third-order valence-electron chi connectivity index (χ3n) is 1.95. The summed E-state index contributed by atoms with van der Waals surface area (Å²) >= 11 is 6.02. The van der Waals surface area contributed by atoms with Gasteiger partial charge in [-0.1, -0.05) is 18.5 Å². The van der Waals surface area contributed by atoms with E-state index in [1.807, 2.05) is 13.0 Å². The largest absolute Gasteiger partial charge is 0.309 e. The predicted molar refractivity (Wildman–Crippen MR) is 59.1 cm³/mol. The summed E-state index contributed by atoms with van der Waals surface area (Å²) in [4.78, 5) is 3.94. The normalized spacial score (nSPS) is 12.1. The fraction of sp³-hybridized carbons (Fsp3) is 0.364. The minimum atomic E-state index is 0.125. The number of nitrogens with one attached hydrogen (secondary N) is 1. The molecule has 0 aliphatic rings. The van der Waals surface area contributed by atoms with Gasteiger partial charge in [0.25, 0.3) is 0 Å². The van der Waals surface area contributed by atoms with E-state index in [4.69, 9.17) is 18.0 Å². The van der Waals surface area contributed by atoms with Gasteiger partial charge in [0, 0.05) is 24.9 Å². The molecular weight excluding hydrogens is 196 g/mol. The van der Waals surface area contributed by atoms with Crippen molar-refractivity contribution in [3.8, 4) is 12.3 Å². The van der Waals surface area contributed by atoms with Crippen molar-refractivity contribution >= 4 is 11.6 Å². The van der Waals surface area contributed by atoms with Gasteiger partial charge in [-0.3, -0.25) is 4.98 Å². The summed E-state index contributed by atoms with van der Waals surface area (Å²) in [6.45, 7) is 2.91. The molecule has 14 heavy (non-hydrogen) atoms. The first-order chi connectivity index (χ1) is 6.79. The number of terminal acetylenes is 1. The second-order valence-corrected chi connectivity index (χ2v) is 3.32. The standard InChI is InChI=1S/C11H13ClN2/c1-3-5-11(14-4-2)9-6-7-13-8-10(9)12/h1,6-8,11,14H,4-5H2,2H3. The molecule has 0 aromatic carbocycles. The van der Waals surface area contributed by atoms with Crippen molar-refractivity contribution in [2.45, 2.75) is 19.4 Å². The van der Waals surface area contributed by atoms with Gasteiger partial charge in [-0.2, -0.15) is 0 Å². The van der Waals surface area contributed by atoms with Crippen LogP contribution in [0.15, 0.2) is 18.5 Å². The van der Waals surface area contributed by atoms with Crippen LogP contribution in [0.1, 0.15) is 24.9 Å². The average Bonchev–Trinajstić information content (AvgIpc) is 2.18. The van der Waals surface area contributed by atoms with Crippen LogP contribution < -0.4 is 5.32 Å². The zero-order valence-electron chi connectivity index (χ0n) is 8.13. The van der Waals surface area contributed by atoms with Gasteiger partial charge >= 0.3 is 0 Å². The highest BCUT2D eigenvalue weighted by Crippen LogP contribution is 2.23. The Balaban J connectivity index is 2.88. The van der Waals surface area contributed by atoms with Gasteiger partial charge in [0.1, 0.15) is 0 Å². The van der Waals surface area contributed by atoms with Crippen molar-refractivity contribution in [2.24, 2.45) is 0 Å². The van der Waals surface area contributed by atoms with E-state index in [0.717, 1.165) is 12.1 Å². The Bertz CT molecular complexity index is 330. The van der Waals surface area contributed by atoms with E-state index in [-0.39, 0.29) is 6.04 Å². The van der Waals surface area contributed by atoms with Crippen molar-refractivity contribution in [1.82, 2.24) is 10.3 Å². The van der Waals surface area contributed by atoms with E-state index in [1.165, 1.54) is 0 Å². The number of hydrogen-bond acceptors (Lipinski definition) is 2. The third kappa shape index (κ3) is 2.73. The second kappa shape index (κ2) is 5.64. The minimum Gasteiger partial charge on any atom is -0.309 e. The van der Waals surface area contributed by atoms with Gasteiger partial charge in [0.05, 0.1) is 5.02 Å². The maximum atomic E-state index is 6.02. The molecule has 0 saturated carbocycles. The summed E-state index contributed by atoms with van der Waals surface area (Å²) in [5.74, 6) is 2.64. The summed E-state index contributed by atoms with van der Waals surface area (Å²) < 4.78 is 0. The lowest BCUT2D eigenvalue weighted by Crippen LogP contribution is -2.20. The van der Waals surface area contributed by atoms with Crippen molar-refractivity contribution < 1.29 is 0 Å². The molecule has 74 valence electrons. The molecule has 1 unspecified atom stereocenters. The first-order valence-electron chi connectivity index (χ1n) is 4.55. The molecule has 1 aromatic rings. The minimum absolute atomic E-state index is 0.125. The fourth-order valence-electron chi connectivity index (χ4n) is 1.32. The molecule has 0 aliphatic heterocycles. The Morgan fingerprint density at radius 1 is 1.71 bits per heavy atom. The maximum absolute atomic E-state index is 6.02. The Morgan fingerprint density at radius 2 is 2.50 bits per heavy atom. The Kier molecular flexibility index (Phi) is 4.45. The number of pyridine rings is 1. The highest BCUT2D eigenvalue weighted by Gasteiger charge is 2.11. The first-order valence-corrected chi connectivity index (χ1v) is 4.93. The highest BCUT2D eigenvalue weighted by molar-refractivity contribution is 6.31. The zero-order chi connectivity index (χ0) is 10.4. The molecule has 1 N–H and O–H groups in total. The van der Waals surface area contributed by atoms with Crippen LogP contribution in [0.5, 0.6) is 0 Å². The molecule has 0 saturated heterocycles. The molecule has 0 fully saturated rings. The van der Waals surface area contributed by atoms with E-state index in [0.29, 0.717) is 11.4 Å². The summed E-state index contributed by atoms with van der Waals surface area (Å²) in [5, 5.41) is 3.95. The van der Waals surface area contributed by atoms with Crippen LogP contribution in [0.3, 0.4) is 0 Å². The molecule has 3 heteroatoms. The quantitative estimate of drug-likeness (QED) is 0.769. The Labute approximate surface area is 89.7 Å². The summed E-state index contributed by atoms with van der Waals surface area (Å²) in [7, 11) is 0. The predicted octanol–water partition coefficient (Wildman–Crippen LogP) is 2.41. The van der Waals surface area contributed by atoms with E-state index in [9.17, 15) is 0 Å². The molecule has 1 atom stereocenters. The number of nitrogens with zero attached hydrogens (tertiary/aromatic N) is 1. The van der Waals surface area contributed by atoms with Crippen LogP contribution in [-0.4, -0.2) is 11.5 Å². The Hall–Kier alpha value is -1.04. The molecule has 0 radical (unpaired) electrons. The summed E-state index contributed by atoms with van der Waals surface area (Å²) in [5.41, 5.74) is 1.02. The SMILES string of the molecule is C#CCC(NCC)c1ccncc1Cl. The summed E-state index contributed by atoms with van der Waals surface area (Å²) in [6, 6.07) is 2.02. The number of aromatic nitrogens is 1. The fourth-order valence-corrected chi connectivity index (χ4v) is 1.58. The topological polar surface area (TPSA) is 24.9 Å². The van der Waals surface area contributed by atoms with E-state index in [1.54, 1.807) is 12.4 Å². The number of halogens is 1. The van der Waals surface area contributed by atoms with Gasteiger partial charge in [0.15, 0.2) is 0 Å². The number of rotatable bonds is 4. The smallest absolute Gasteiger partial charge is 0.0637 e. The van der Waals surface area contributed by atoms with E-state index < -0.39 is 0 Å². The Morgan fingerprint density at radius 3 is 3.07 bits per heavy atom. The third-order valence-corrected chi connectivity index (χ3v) is 2.27. The van der Waals surface area contributed by atoms with Gasteiger partial charge in [-0.25, -0.2) is 0 Å². The van der Waals surface area contributed by atoms with Gasteiger partial charge in [-0.05, 0) is 18.2 Å². The monoisotopic (exact) mass is 208 g/mol. The van der Waals surface area contributed by atoms with E-state index in [2.05, 4.69) is 16.2 Å². The second-order valence-electron chi connectivity index (χ2n) is 2.92. The molecule has 0 aliphatic carbocycles. The molecule has 0 amide bonds. The molecule has 1 heterocycles. The van der Waals surface area contributed by atoms with Crippen LogP contribution >= 0.6 is 11.6 Å². The van der Waals surface area contributed by atoms with Crippen molar-refractivity contribution in [3.05, 3.63) is 29.0 Å². The van der Waals surface area contributed by atoms with Crippen LogP contribution in [0.25, 0.3) is 0 Å².